The molecule has 3 heterocycles. The third-order valence-corrected chi connectivity index (χ3v) is 5.79. The van der Waals surface area contributed by atoms with Crippen LogP contribution in [0, 0.1) is 18.3 Å². The molecule has 0 saturated carbocycles. The molecule has 7 heteroatoms. The van der Waals surface area contributed by atoms with Crippen LogP contribution in [0.5, 0.6) is 0 Å². The Balaban J connectivity index is 1.89. The zero-order valence-corrected chi connectivity index (χ0v) is 16.9. The van der Waals surface area contributed by atoms with Crippen LogP contribution < -0.4 is 0 Å². The van der Waals surface area contributed by atoms with Crippen molar-refractivity contribution in [1.82, 2.24) is 14.7 Å². The Morgan fingerprint density at radius 2 is 1.96 bits per heavy atom. The molecule has 0 aromatic carbocycles. The number of imide groups is 1. The maximum atomic E-state index is 13.0. The first-order valence-electron chi connectivity index (χ1n) is 9.07. The molecule has 6 nitrogen and oxygen atoms in total. The van der Waals surface area contributed by atoms with Gasteiger partial charge in [-0.2, -0.15) is 0 Å². The Morgan fingerprint density at radius 3 is 2.54 bits per heavy atom. The van der Waals surface area contributed by atoms with E-state index < -0.39 is 6.04 Å². The van der Waals surface area contributed by atoms with Gasteiger partial charge in [0.05, 0.1) is 11.4 Å². The van der Waals surface area contributed by atoms with E-state index in [1.54, 1.807) is 9.80 Å². The topological polar surface area (TPSA) is 60.9 Å². The lowest BCUT2D eigenvalue weighted by Gasteiger charge is -2.30. The Labute approximate surface area is 158 Å². The summed E-state index contributed by atoms with van der Waals surface area (Å²) >= 11 is 1.46. The number of thiophene rings is 1. The van der Waals surface area contributed by atoms with Crippen LogP contribution in [0.3, 0.4) is 0 Å². The smallest absolute Gasteiger partial charge is 0.327 e. The predicted molar refractivity (Wildman–Crippen MR) is 101 cm³/mol. The van der Waals surface area contributed by atoms with E-state index in [9.17, 15) is 14.4 Å². The first-order chi connectivity index (χ1) is 12.1. The summed E-state index contributed by atoms with van der Waals surface area (Å²) in [4.78, 5) is 45.2. The molecule has 2 fully saturated rings. The molecule has 2 aliphatic heterocycles. The van der Waals surface area contributed by atoms with Gasteiger partial charge >= 0.3 is 6.03 Å². The molecule has 142 valence electrons. The number of nitrogens with zero attached hydrogens (tertiary/aromatic N) is 3. The van der Waals surface area contributed by atoms with Gasteiger partial charge in [0.25, 0.3) is 11.8 Å². The fourth-order valence-electron chi connectivity index (χ4n) is 3.74. The van der Waals surface area contributed by atoms with Crippen LogP contribution in [0.25, 0.3) is 0 Å². The quantitative estimate of drug-likeness (QED) is 0.761. The van der Waals surface area contributed by atoms with E-state index in [1.165, 1.54) is 16.2 Å². The van der Waals surface area contributed by atoms with Crippen molar-refractivity contribution in [2.24, 2.45) is 11.3 Å². The Hall–Kier alpha value is -1.89. The summed E-state index contributed by atoms with van der Waals surface area (Å²) in [6.45, 7) is 11.7. The van der Waals surface area contributed by atoms with Gasteiger partial charge in [-0.15, -0.1) is 11.3 Å². The standard InChI is InChI=1S/C19H27N3O3S/c1-12(2)8-21-16(23)14-9-20(17(24)15-7-6-13(3)26-15)10-19(4,5)11-22(14)18(21)25/h6-7,12,14H,8-11H2,1-5H3. The minimum Gasteiger partial charge on any atom is -0.335 e. The lowest BCUT2D eigenvalue weighted by Crippen LogP contribution is -2.44. The molecule has 2 aliphatic rings. The lowest BCUT2D eigenvalue weighted by molar-refractivity contribution is -0.128. The Kier molecular flexibility index (Phi) is 4.86. The second kappa shape index (κ2) is 6.68. The first kappa shape index (κ1) is 18.9. The largest absolute Gasteiger partial charge is 0.335 e. The predicted octanol–water partition coefficient (Wildman–Crippen LogP) is 2.83. The minimum atomic E-state index is -0.576. The Bertz CT molecular complexity index is 740. The highest BCUT2D eigenvalue weighted by Crippen LogP contribution is 2.31. The fourth-order valence-corrected chi connectivity index (χ4v) is 4.58. The molecular formula is C19H27N3O3S. The molecule has 2 saturated heterocycles. The first-order valence-corrected chi connectivity index (χ1v) is 9.88. The number of fused-ring (bicyclic) bond motifs is 1. The van der Waals surface area contributed by atoms with Crippen LogP contribution in [0.2, 0.25) is 0 Å². The van der Waals surface area contributed by atoms with Crippen molar-refractivity contribution in [1.29, 1.82) is 0 Å². The van der Waals surface area contributed by atoms with Crippen molar-refractivity contribution in [2.45, 2.75) is 40.7 Å². The highest BCUT2D eigenvalue weighted by molar-refractivity contribution is 7.13. The van der Waals surface area contributed by atoms with Crippen molar-refractivity contribution < 1.29 is 14.4 Å². The van der Waals surface area contributed by atoms with E-state index in [2.05, 4.69) is 0 Å². The summed E-state index contributed by atoms with van der Waals surface area (Å²) in [6.07, 6.45) is 0. The molecule has 3 rings (SSSR count). The van der Waals surface area contributed by atoms with Crippen LogP contribution in [0.4, 0.5) is 4.79 Å². The zero-order valence-electron chi connectivity index (χ0n) is 16.1. The number of carbonyl (C=O) groups excluding carboxylic acids is 3. The van der Waals surface area contributed by atoms with Crippen LogP contribution >= 0.6 is 11.3 Å². The molecule has 0 radical (unpaired) electrons. The van der Waals surface area contributed by atoms with E-state index in [0.29, 0.717) is 24.5 Å². The Morgan fingerprint density at radius 1 is 1.27 bits per heavy atom. The molecule has 1 aromatic heterocycles. The average Bonchev–Trinajstić information content (AvgIpc) is 3.00. The van der Waals surface area contributed by atoms with Gasteiger partial charge in [-0.05, 0) is 25.0 Å². The van der Waals surface area contributed by atoms with E-state index >= 15 is 0 Å². The molecule has 26 heavy (non-hydrogen) atoms. The highest BCUT2D eigenvalue weighted by atomic mass is 32.1. The van der Waals surface area contributed by atoms with Gasteiger partial charge in [-0.1, -0.05) is 27.7 Å². The number of carbonyl (C=O) groups is 3. The lowest BCUT2D eigenvalue weighted by atomic mass is 9.92. The van der Waals surface area contributed by atoms with Gasteiger partial charge in [-0.25, -0.2) is 4.79 Å². The van der Waals surface area contributed by atoms with Gasteiger partial charge in [0.1, 0.15) is 6.04 Å². The summed E-state index contributed by atoms with van der Waals surface area (Å²) < 4.78 is 0. The monoisotopic (exact) mass is 377 g/mol. The molecular weight excluding hydrogens is 350 g/mol. The van der Waals surface area contributed by atoms with E-state index in [4.69, 9.17) is 0 Å². The summed E-state index contributed by atoms with van der Waals surface area (Å²) in [7, 11) is 0. The third-order valence-electron chi connectivity index (χ3n) is 4.80. The molecule has 0 spiro atoms. The van der Waals surface area contributed by atoms with Crippen LogP contribution in [-0.2, 0) is 4.79 Å². The van der Waals surface area contributed by atoms with Gasteiger partial charge in [0, 0.05) is 29.9 Å². The van der Waals surface area contributed by atoms with Crippen LogP contribution in [-0.4, -0.2) is 64.8 Å². The van der Waals surface area contributed by atoms with Crippen molar-refractivity contribution in [3.8, 4) is 0 Å². The van der Waals surface area contributed by atoms with Crippen molar-refractivity contribution in [3.05, 3.63) is 21.9 Å². The molecule has 4 amide bonds. The molecule has 1 aromatic rings. The van der Waals surface area contributed by atoms with Crippen molar-refractivity contribution in [2.75, 3.05) is 26.2 Å². The summed E-state index contributed by atoms with van der Waals surface area (Å²) in [6, 6.07) is 2.98. The third kappa shape index (κ3) is 3.49. The number of urea groups is 1. The van der Waals surface area contributed by atoms with E-state index in [0.717, 1.165) is 4.88 Å². The van der Waals surface area contributed by atoms with E-state index in [1.807, 2.05) is 46.8 Å². The number of amides is 4. The summed E-state index contributed by atoms with van der Waals surface area (Å²) in [5.74, 6) is -0.0200. The van der Waals surface area contributed by atoms with Crippen molar-refractivity contribution in [3.63, 3.8) is 0 Å². The van der Waals surface area contributed by atoms with Crippen molar-refractivity contribution >= 4 is 29.2 Å². The average molecular weight is 378 g/mol. The molecule has 0 bridgehead atoms. The number of rotatable bonds is 3. The minimum absolute atomic E-state index is 0.0550. The van der Waals surface area contributed by atoms with Crippen LogP contribution in [0.1, 0.15) is 42.2 Å². The summed E-state index contributed by atoms with van der Waals surface area (Å²) in [5, 5.41) is 0. The number of hydrogen-bond donors (Lipinski definition) is 0. The second-order valence-electron chi connectivity index (χ2n) is 8.53. The van der Waals surface area contributed by atoms with Gasteiger partial charge < -0.3 is 9.80 Å². The second-order valence-corrected chi connectivity index (χ2v) is 9.82. The normalized spacial score (nSPS) is 22.8. The summed E-state index contributed by atoms with van der Waals surface area (Å²) in [5.41, 5.74) is -0.277. The fraction of sp³-hybridized carbons (Fsp3) is 0.632. The highest BCUT2D eigenvalue weighted by Gasteiger charge is 2.50. The molecule has 0 aliphatic carbocycles. The molecule has 0 N–H and O–H groups in total. The van der Waals surface area contributed by atoms with Gasteiger partial charge in [-0.3, -0.25) is 14.5 Å². The molecule has 1 unspecified atom stereocenters. The SMILES string of the molecule is Cc1ccc(C(=O)N2CC3C(=O)N(CC(C)C)C(=O)N3CC(C)(C)C2)s1. The van der Waals surface area contributed by atoms with E-state index in [-0.39, 0.29) is 35.7 Å². The maximum Gasteiger partial charge on any atom is 0.327 e. The number of aryl methyl sites for hydroxylation is 1. The zero-order chi connectivity index (χ0) is 19.2. The van der Waals surface area contributed by atoms with Gasteiger partial charge in [0.2, 0.25) is 0 Å². The van der Waals surface area contributed by atoms with Gasteiger partial charge in [0.15, 0.2) is 0 Å². The molecule has 1 atom stereocenters. The maximum absolute atomic E-state index is 13.0. The number of hydrogen-bond acceptors (Lipinski definition) is 4. The van der Waals surface area contributed by atoms with Crippen LogP contribution in [0.15, 0.2) is 12.1 Å².